The van der Waals surface area contributed by atoms with E-state index < -0.39 is 11.2 Å². The van der Waals surface area contributed by atoms with E-state index in [0.717, 1.165) is 11.1 Å². The Kier molecular flexibility index (Phi) is 7.03. The van der Waals surface area contributed by atoms with E-state index in [1.165, 1.54) is 12.3 Å². The number of nitrogens with zero attached hydrogens (tertiary/aromatic N) is 2. The Bertz CT molecular complexity index is 1040. The molecule has 31 heavy (non-hydrogen) atoms. The highest BCUT2D eigenvalue weighted by molar-refractivity contribution is 6.30. The van der Waals surface area contributed by atoms with Gasteiger partial charge in [-0.25, -0.2) is 9.37 Å². The molecular formula is C24H26ClFN4O. The SMILES string of the molecule is CC(NC(c1ccccc1)c1ccc(Cl)c(F)c1)c1cnc(NC(=O)C(C)(C)C)cn1. The Morgan fingerprint density at radius 1 is 1.03 bits per heavy atom. The third-order valence-electron chi connectivity index (χ3n) is 4.86. The maximum absolute atomic E-state index is 14.1. The third kappa shape index (κ3) is 5.87. The van der Waals surface area contributed by atoms with Crippen LogP contribution in [-0.4, -0.2) is 15.9 Å². The lowest BCUT2D eigenvalue weighted by Crippen LogP contribution is -2.28. The second-order valence-electron chi connectivity index (χ2n) is 8.44. The molecule has 3 rings (SSSR count). The summed E-state index contributed by atoms with van der Waals surface area (Å²) in [4.78, 5) is 20.9. The molecule has 3 aromatic rings. The van der Waals surface area contributed by atoms with Crippen molar-refractivity contribution in [2.45, 2.75) is 39.8 Å². The van der Waals surface area contributed by atoms with Crippen molar-refractivity contribution in [3.05, 3.63) is 88.6 Å². The van der Waals surface area contributed by atoms with Crippen LogP contribution in [-0.2, 0) is 4.79 Å². The van der Waals surface area contributed by atoms with Gasteiger partial charge in [0.25, 0.3) is 0 Å². The van der Waals surface area contributed by atoms with Crippen LogP contribution in [0.25, 0.3) is 0 Å². The summed E-state index contributed by atoms with van der Waals surface area (Å²) in [5.41, 5.74) is 1.91. The number of halogens is 2. The van der Waals surface area contributed by atoms with E-state index in [9.17, 15) is 9.18 Å². The van der Waals surface area contributed by atoms with Gasteiger partial charge < -0.3 is 5.32 Å². The summed E-state index contributed by atoms with van der Waals surface area (Å²) in [7, 11) is 0. The minimum atomic E-state index is -0.522. The number of amides is 1. The zero-order chi connectivity index (χ0) is 22.6. The van der Waals surface area contributed by atoms with Crippen LogP contribution >= 0.6 is 11.6 Å². The number of carbonyl (C=O) groups excluding carboxylic acids is 1. The highest BCUT2D eigenvalue weighted by atomic mass is 35.5. The van der Waals surface area contributed by atoms with Gasteiger partial charge in [0.1, 0.15) is 5.82 Å². The molecule has 0 aliphatic carbocycles. The van der Waals surface area contributed by atoms with Crippen molar-refractivity contribution in [2.24, 2.45) is 5.41 Å². The molecule has 0 spiro atoms. The van der Waals surface area contributed by atoms with E-state index in [-0.39, 0.29) is 23.0 Å². The summed E-state index contributed by atoms with van der Waals surface area (Å²) in [6, 6.07) is 14.1. The Hall–Kier alpha value is -2.83. The minimum absolute atomic E-state index is 0.0855. The Labute approximate surface area is 187 Å². The zero-order valence-corrected chi connectivity index (χ0v) is 18.7. The predicted molar refractivity (Wildman–Crippen MR) is 121 cm³/mol. The second kappa shape index (κ2) is 9.54. The molecule has 0 radical (unpaired) electrons. The summed E-state index contributed by atoms with van der Waals surface area (Å²) >= 11 is 5.87. The van der Waals surface area contributed by atoms with E-state index in [0.29, 0.717) is 11.5 Å². The van der Waals surface area contributed by atoms with Gasteiger partial charge >= 0.3 is 0 Å². The second-order valence-corrected chi connectivity index (χ2v) is 8.84. The van der Waals surface area contributed by atoms with Crippen LogP contribution in [0.4, 0.5) is 10.2 Å². The topological polar surface area (TPSA) is 66.9 Å². The minimum Gasteiger partial charge on any atom is -0.309 e. The van der Waals surface area contributed by atoms with E-state index in [4.69, 9.17) is 11.6 Å². The normalized spacial score (nSPS) is 13.5. The molecule has 2 N–H and O–H groups in total. The molecule has 7 heteroatoms. The van der Waals surface area contributed by atoms with Crippen LogP contribution in [0.15, 0.2) is 60.9 Å². The number of anilines is 1. The molecule has 1 amide bonds. The van der Waals surface area contributed by atoms with Gasteiger partial charge in [0.05, 0.1) is 29.2 Å². The van der Waals surface area contributed by atoms with Crippen LogP contribution in [0, 0.1) is 11.2 Å². The summed E-state index contributed by atoms with van der Waals surface area (Å²) < 4.78 is 14.1. The van der Waals surface area contributed by atoms with E-state index in [1.807, 2.05) is 58.0 Å². The maximum Gasteiger partial charge on any atom is 0.230 e. The highest BCUT2D eigenvalue weighted by Crippen LogP contribution is 2.28. The first-order valence-corrected chi connectivity index (χ1v) is 10.4. The molecule has 1 aromatic heterocycles. The Morgan fingerprint density at radius 3 is 2.32 bits per heavy atom. The van der Waals surface area contributed by atoms with Crippen LogP contribution in [0.3, 0.4) is 0 Å². The van der Waals surface area contributed by atoms with Gasteiger partial charge in [0.2, 0.25) is 5.91 Å². The average Bonchev–Trinajstić information content (AvgIpc) is 2.74. The van der Waals surface area contributed by atoms with Crippen LogP contribution in [0.2, 0.25) is 5.02 Å². The Morgan fingerprint density at radius 2 is 1.74 bits per heavy atom. The number of benzene rings is 2. The molecule has 162 valence electrons. The molecule has 0 aliphatic heterocycles. The van der Waals surface area contributed by atoms with Gasteiger partial charge in [0.15, 0.2) is 5.82 Å². The molecule has 1 heterocycles. The van der Waals surface area contributed by atoms with E-state index >= 15 is 0 Å². The molecule has 0 saturated heterocycles. The molecule has 0 bridgehead atoms. The van der Waals surface area contributed by atoms with Gasteiger partial charge in [-0.05, 0) is 30.2 Å². The van der Waals surface area contributed by atoms with Gasteiger partial charge in [-0.2, -0.15) is 0 Å². The number of carbonyl (C=O) groups is 1. The monoisotopic (exact) mass is 440 g/mol. The molecule has 5 nitrogen and oxygen atoms in total. The smallest absolute Gasteiger partial charge is 0.230 e. The fourth-order valence-electron chi connectivity index (χ4n) is 2.99. The van der Waals surface area contributed by atoms with Crippen molar-refractivity contribution >= 4 is 23.3 Å². The van der Waals surface area contributed by atoms with Crippen molar-refractivity contribution in [3.63, 3.8) is 0 Å². The standard InChI is InChI=1S/C24H26ClFN4O/c1-15(20-13-28-21(14-27-20)30-23(31)24(2,3)4)29-22(16-8-6-5-7-9-16)17-10-11-18(25)19(26)12-17/h5-15,22,29H,1-4H3,(H,28,30,31). The van der Waals surface area contributed by atoms with Crippen molar-refractivity contribution in [2.75, 3.05) is 5.32 Å². The largest absolute Gasteiger partial charge is 0.309 e. The molecule has 0 aliphatic rings. The first-order chi connectivity index (χ1) is 14.6. The van der Waals surface area contributed by atoms with Crippen LogP contribution in [0.5, 0.6) is 0 Å². The first kappa shape index (κ1) is 22.8. The average molecular weight is 441 g/mol. The van der Waals surface area contributed by atoms with Gasteiger partial charge in [0, 0.05) is 11.5 Å². The first-order valence-electron chi connectivity index (χ1n) is 10.0. The molecule has 0 fully saturated rings. The highest BCUT2D eigenvalue weighted by Gasteiger charge is 2.22. The fraction of sp³-hybridized carbons (Fsp3) is 0.292. The van der Waals surface area contributed by atoms with Crippen molar-refractivity contribution in [1.82, 2.24) is 15.3 Å². The quantitative estimate of drug-likeness (QED) is 0.516. The summed E-state index contributed by atoms with van der Waals surface area (Å²) in [6.45, 7) is 7.46. The summed E-state index contributed by atoms with van der Waals surface area (Å²) in [5, 5.41) is 6.35. The number of hydrogen-bond acceptors (Lipinski definition) is 4. The van der Waals surface area contributed by atoms with Crippen LogP contribution in [0.1, 0.15) is 56.6 Å². The van der Waals surface area contributed by atoms with Gasteiger partial charge in [-0.1, -0.05) is 68.8 Å². The van der Waals surface area contributed by atoms with E-state index in [1.54, 1.807) is 18.3 Å². The van der Waals surface area contributed by atoms with Crippen LogP contribution < -0.4 is 10.6 Å². The number of rotatable bonds is 6. The summed E-state index contributed by atoms with van der Waals surface area (Å²) in [5.74, 6) is -0.196. The molecular weight excluding hydrogens is 415 g/mol. The van der Waals surface area contributed by atoms with Crippen molar-refractivity contribution in [1.29, 1.82) is 0 Å². The number of aromatic nitrogens is 2. The summed E-state index contributed by atoms with van der Waals surface area (Å²) in [6.07, 6.45) is 3.16. The third-order valence-corrected chi connectivity index (χ3v) is 5.17. The van der Waals surface area contributed by atoms with E-state index in [2.05, 4.69) is 20.6 Å². The number of hydrogen-bond donors (Lipinski definition) is 2. The lowest BCUT2D eigenvalue weighted by atomic mass is 9.96. The van der Waals surface area contributed by atoms with Gasteiger partial charge in [-0.15, -0.1) is 0 Å². The fourth-order valence-corrected chi connectivity index (χ4v) is 3.11. The lowest BCUT2D eigenvalue weighted by molar-refractivity contribution is -0.123. The molecule has 0 saturated carbocycles. The molecule has 2 unspecified atom stereocenters. The lowest BCUT2D eigenvalue weighted by Gasteiger charge is -2.24. The predicted octanol–water partition coefficient (Wildman–Crippen LogP) is 5.69. The number of nitrogens with one attached hydrogen (secondary N) is 2. The van der Waals surface area contributed by atoms with Crippen molar-refractivity contribution in [3.8, 4) is 0 Å². The van der Waals surface area contributed by atoms with Gasteiger partial charge in [-0.3, -0.25) is 15.1 Å². The molecule has 2 aromatic carbocycles. The van der Waals surface area contributed by atoms with Crippen molar-refractivity contribution < 1.29 is 9.18 Å². The molecule has 2 atom stereocenters. The zero-order valence-electron chi connectivity index (χ0n) is 18.0. The maximum atomic E-state index is 14.1. The Balaban J connectivity index is 1.81.